The average Bonchev–Trinajstić information content (AvgIpc) is 3.20. The van der Waals surface area contributed by atoms with Crippen LogP contribution in [0.1, 0.15) is 47.1 Å². The van der Waals surface area contributed by atoms with Gasteiger partial charge in [-0.15, -0.1) is 15.3 Å². The zero-order valence-corrected chi connectivity index (χ0v) is 32.2. The van der Waals surface area contributed by atoms with Gasteiger partial charge in [0.15, 0.2) is 5.69 Å². The first-order valence-electron chi connectivity index (χ1n) is 18.4. The Balaban J connectivity index is 0.975. The predicted octanol–water partition coefficient (Wildman–Crippen LogP) is 9.72. The Kier molecular flexibility index (Phi) is 12.8. The minimum atomic E-state index is -0.480. The van der Waals surface area contributed by atoms with E-state index in [9.17, 15) is 19.7 Å². The first kappa shape index (κ1) is 39.5. The number of carbonyl (C=O) groups is 2. The molecule has 0 bridgehead atoms. The van der Waals surface area contributed by atoms with Gasteiger partial charge in [-0.1, -0.05) is 48.2 Å². The van der Waals surface area contributed by atoms with Crippen LogP contribution < -0.4 is 19.9 Å². The van der Waals surface area contributed by atoms with Crippen LogP contribution in [0.5, 0.6) is 5.75 Å². The van der Waals surface area contributed by atoms with Gasteiger partial charge in [0.1, 0.15) is 11.4 Å². The number of nitrogens with zero attached hydrogens (tertiary/aromatic N) is 7. The maximum atomic E-state index is 13.4. The first-order chi connectivity index (χ1) is 27.6. The zero-order chi connectivity index (χ0) is 40.3. The molecule has 288 valence electrons. The highest BCUT2D eigenvalue weighted by atomic mass is 16.6. The largest absolute Gasteiger partial charge is 0.494 e. The molecule has 0 spiro atoms. The highest BCUT2D eigenvalue weighted by Gasteiger charge is 2.21. The number of nitro benzene ring substituents is 1. The minimum Gasteiger partial charge on any atom is -0.494 e. The molecule has 1 N–H and O–H groups in total. The van der Waals surface area contributed by atoms with Gasteiger partial charge < -0.3 is 19.9 Å². The van der Waals surface area contributed by atoms with E-state index in [4.69, 9.17) is 4.74 Å². The summed E-state index contributed by atoms with van der Waals surface area (Å²) in [5.74, 6) is 6.68. The van der Waals surface area contributed by atoms with E-state index < -0.39 is 4.92 Å². The van der Waals surface area contributed by atoms with E-state index in [2.05, 4.69) is 42.5 Å². The molecule has 0 saturated heterocycles. The van der Waals surface area contributed by atoms with Crippen LogP contribution in [-0.2, 0) is 16.1 Å². The van der Waals surface area contributed by atoms with Crippen molar-refractivity contribution in [2.75, 3.05) is 37.0 Å². The third kappa shape index (κ3) is 10.1. The summed E-state index contributed by atoms with van der Waals surface area (Å²) in [5.41, 5.74) is 7.53. The van der Waals surface area contributed by atoms with Crippen molar-refractivity contribution in [3.8, 4) is 17.6 Å². The summed E-state index contributed by atoms with van der Waals surface area (Å²) in [6, 6.07) is 31.2. The Morgan fingerprint density at radius 1 is 0.842 bits per heavy atom. The van der Waals surface area contributed by atoms with Gasteiger partial charge in [-0.25, -0.2) is 0 Å². The number of carbonyl (C=O) groups excluding carboxylic acids is 2. The molecular weight excluding hydrogens is 721 g/mol. The van der Waals surface area contributed by atoms with E-state index in [0.717, 1.165) is 39.2 Å². The molecule has 5 aromatic rings. The van der Waals surface area contributed by atoms with Crippen molar-refractivity contribution in [2.24, 2.45) is 20.5 Å². The van der Waals surface area contributed by atoms with E-state index >= 15 is 0 Å². The highest BCUT2D eigenvalue weighted by Crippen LogP contribution is 2.38. The molecule has 0 aromatic heterocycles. The summed E-state index contributed by atoms with van der Waals surface area (Å²) >= 11 is 0. The Labute approximate surface area is 331 Å². The number of para-hydroxylation sites is 1. The molecule has 6 rings (SSSR count). The SMILES string of the molecule is COc1cc(N=Nc2ccc(C)cc2[N+](=O)[O-])c(C)cc1N=Nc1ccc(N(C)CCCC(=O)NCCC(=O)N2Cc3ccccc3C#Cc3ccccc32)cc1. The van der Waals surface area contributed by atoms with Crippen molar-refractivity contribution in [3.05, 3.63) is 141 Å². The van der Waals surface area contributed by atoms with Crippen molar-refractivity contribution >= 4 is 51.6 Å². The number of aryl methyl sites for hydroxylation is 2. The Bertz CT molecular complexity index is 2420. The van der Waals surface area contributed by atoms with Crippen LogP contribution in [-0.4, -0.2) is 44.0 Å². The number of amides is 2. The lowest BCUT2D eigenvalue weighted by Gasteiger charge is -2.26. The molecule has 0 saturated carbocycles. The molecule has 1 heterocycles. The molecule has 13 nitrogen and oxygen atoms in total. The second kappa shape index (κ2) is 18.4. The van der Waals surface area contributed by atoms with Gasteiger partial charge in [-0.3, -0.25) is 19.7 Å². The normalized spacial score (nSPS) is 11.9. The lowest BCUT2D eigenvalue weighted by atomic mass is 10.0. The Hall–Kier alpha value is -7.20. The quantitative estimate of drug-likeness (QED) is 0.0514. The number of hydrogen-bond acceptors (Lipinski definition) is 10. The number of benzene rings is 5. The van der Waals surface area contributed by atoms with Gasteiger partial charge in [0.25, 0.3) is 5.69 Å². The van der Waals surface area contributed by atoms with Crippen LogP contribution >= 0.6 is 0 Å². The molecule has 57 heavy (non-hydrogen) atoms. The molecule has 0 unspecified atom stereocenters. The van der Waals surface area contributed by atoms with Crippen LogP contribution in [0.15, 0.2) is 124 Å². The predicted molar refractivity (Wildman–Crippen MR) is 221 cm³/mol. The lowest BCUT2D eigenvalue weighted by molar-refractivity contribution is -0.384. The number of azo groups is 2. The molecule has 0 fully saturated rings. The first-order valence-corrected chi connectivity index (χ1v) is 18.4. The molecule has 0 aliphatic carbocycles. The summed E-state index contributed by atoms with van der Waals surface area (Å²) in [5, 5.41) is 31.6. The summed E-state index contributed by atoms with van der Waals surface area (Å²) in [6.45, 7) is 4.91. The monoisotopic (exact) mass is 762 g/mol. The van der Waals surface area contributed by atoms with Gasteiger partial charge in [-0.2, -0.15) is 5.11 Å². The topological polar surface area (TPSA) is 154 Å². The second-order valence-corrected chi connectivity index (χ2v) is 13.5. The molecule has 0 atom stereocenters. The second-order valence-electron chi connectivity index (χ2n) is 13.5. The maximum absolute atomic E-state index is 13.4. The summed E-state index contributed by atoms with van der Waals surface area (Å²) in [6.07, 6.45) is 1.13. The van der Waals surface area contributed by atoms with E-state index in [1.807, 2.05) is 86.8 Å². The third-order valence-corrected chi connectivity index (χ3v) is 9.39. The molecular formula is C44H42N8O5. The Morgan fingerprint density at radius 2 is 1.54 bits per heavy atom. The van der Waals surface area contributed by atoms with Crippen LogP contribution in [0.25, 0.3) is 0 Å². The standard InChI is InChI=1S/C44H42N8O5/c1-30-15-22-37(41(26-30)52(55)56)47-48-38-28-42(57-4)39(27-31(38)2)49-46-35-18-20-36(21-19-35)50(3)25-9-14-43(53)45-24-23-44(54)51-29-34-12-6-5-10-32(34)16-17-33-11-7-8-13-40(33)51/h5-8,10-13,15,18-22,26-28H,9,14,23-25,29H2,1-4H3,(H,45,53). The highest BCUT2D eigenvalue weighted by molar-refractivity contribution is 5.95. The summed E-state index contributed by atoms with van der Waals surface area (Å²) in [7, 11) is 3.47. The summed E-state index contributed by atoms with van der Waals surface area (Å²) in [4.78, 5) is 41.0. The van der Waals surface area contributed by atoms with Crippen LogP contribution in [0, 0.1) is 35.8 Å². The number of rotatable bonds is 14. The number of nitro groups is 1. The van der Waals surface area contributed by atoms with Crippen molar-refractivity contribution in [2.45, 2.75) is 39.7 Å². The van der Waals surface area contributed by atoms with E-state index in [1.54, 1.807) is 36.1 Å². The van der Waals surface area contributed by atoms with Crippen molar-refractivity contribution in [3.63, 3.8) is 0 Å². The van der Waals surface area contributed by atoms with Crippen LogP contribution in [0.3, 0.4) is 0 Å². The zero-order valence-electron chi connectivity index (χ0n) is 32.2. The number of nitrogens with one attached hydrogen (secondary N) is 1. The van der Waals surface area contributed by atoms with Crippen molar-refractivity contribution < 1.29 is 19.2 Å². The molecule has 13 heteroatoms. The fourth-order valence-corrected chi connectivity index (χ4v) is 6.21. The van der Waals surface area contributed by atoms with E-state index in [1.165, 1.54) is 13.2 Å². The number of anilines is 2. The molecule has 1 aliphatic heterocycles. The molecule has 1 aliphatic rings. The number of fused-ring (bicyclic) bond motifs is 2. The van der Waals surface area contributed by atoms with Gasteiger partial charge in [0.05, 0.1) is 35.6 Å². The fraction of sp³-hybridized carbons (Fsp3) is 0.227. The third-order valence-electron chi connectivity index (χ3n) is 9.39. The van der Waals surface area contributed by atoms with Crippen molar-refractivity contribution in [1.29, 1.82) is 0 Å². The number of methoxy groups -OCH3 is 1. The fourth-order valence-electron chi connectivity index (χ4n) is 6.21. The van der Waals surface area contributed by atoms with E-state index in [-0.39, 0.29) is 36.2 Å². The average molecular weight is 763 g/mol. The number of hydrogen-bond donors (Lipinski definition) is 1. The smallest absolute Gasteiger partial charge is 0.296 e. The number of ether oxygens (including phenoxy) is 1. The lowest BCUT2D eigenvalue weighted by Crippen LogP contribution is -2.35. The van der Waals surface area contributed by atoms with Crippen LogP contribution in [0.2, 0.25) is 0 Å². The van der Waals surface area contributed by atoms with Crippen molar-refractivity contribution in [1.82, 2.24) is 5.32 Å². The van der Waals surface area contributed by atoms with Gasteiger partial charge >= 0.3 is 0 Å². The van der Waals surface area contributed by atoms with Crippen LogP contribution in [0.4, 0.5) is 39.8 Å². The molecule has 5 aromatic carbocycles. The molecule has 0 radical (unpaired) electrons. The van der Waals surface area contributed by atoms with Gasteiger partial charge in [0.2, 0.25) is 11.8 Å². The summed E-state index contributed by atoms with van der Waals surface area (Å²) < 4.78 is 5.53. The van der Waals surface area contributed by atoms with Gasteiger partial charge in [-0.05, 0) is 91.6 Å². The Morgan fingerprint density at radius 3 is 2.32 bits per heavy atom. The minimum absolute atomic E-state index is 0.0791. The van der Waals surface area contributed by atoms with Gasteiger partial charge in [0, 0.05) is 61.9 Å². The maximum Gasteiger partial charge on any atom is 0.296 e. The molecule has 2 amide bonds. The van der Waals surface area contributed by atoms with E-state index in [0.29, 0.717) is 48.7 Å².